The molecule has 1 atom stereocenters. The highest BCUT2D eigenvalue weighted by molar-refractivity contribution is 7.92. The van der Waals surface area contributed by atoms with Crippen LogP contribution in [-0.2, 0) is 26.2 Å². The zero-order valence-corrected chi connectivity index (χ0v) is 23.8. The van der Waals surface area contributed by atoms with Gasteiger partial charge in [0.05, 0.1) is 17.0 Å². The van der Waals surface area contributed by atoms with Crippen LogP contribution in [0.5, 0.6) is 0 Å². The van der Waals surface area contributed by atoms with E-state index in [0.29, 0.717) is 11.6 Å². The Morgan fingerprint density at radius 3 is 2.36 bits per heavy atom. The van der Waals surface area contributed by atoms with E-state index < -0.39 is 16.1 Å². The van der Waals surface area contributed by atoms with E-state index >= 15 is 0 Å². The van der Waals surface area contributed by atoms with Crippen molar-refractivity contribution >= 4 is 50.7 Å². The molecule has 0 aliphatic rings. The van der Waals surface area contributed by atoms with E-state index in [1.807, 2.05) is 45.0 Å². The molecule has 7 nitrogen and oxygen atoms in total. The number of amides is 2. The quantitative estimate of drug-likeness (QED) is 0.397. The summed E-state index contributed by atoms with van der Waals surface area (Å²) in [6, 6.07) is 11.7. The number of halogens is 2. The lowest BCUT2D eigenvalue weighted by atomic mass is 10.1. The lowest BCUT2D eigenvalue weighted by Gasteiger charge is -2.30. The van der Waals surface area contributed by atoms with Crippen molar-refractivity contribution in [1.82, 2.24) is 10.2 Å². The first-order valence-electron chi connectivity index (χ1n) is 11.8. The van der Waals surface area contributed by atoms with Gasteiger partial charge in [-0.1, -0.05) is 66.9 Å². The Morgan fingerprint density at radius 1 is 1.06 bits per heavy atom. The molecule has 0 heterocycles. The van der Waals surface area contributed by atoms with Crippen molar-refractivity contribution in [2.75, 3.05) is 23.7 Å². The number of hydrogen-bond acceptors (Lipinski definition) is 4. The number of carbonyl (C=O) groups is 2. The maximum atomic E-state index is 13.3. The minimum atomic E-state index is -3.67. The Balaban J connectivity index is 2.19. The van der Waals surface area contributed by atoms with E-state index in [0.717, 1.165) is 21.7 Å². The molecule has 198 valence electrons. The van der Waals surface area contributed by atoms with Crippen LogP contribution in [0.1, 0.15) is 44.7 Å². The van der Waals surface area contributed by atoms with E-state index in [9.17, 15) is 18.0 Å². The van der Waals surface area contributed by atoms with Crippen LogP contribution in [0.4, 0.5) is 5.69 Å². The van der Waals surface area contributed by atoms with Crippen molar-refractivity contribution in [2.24, 2.45) is 5.92 Å². The molecule has 1 N–H and O–H groups in total. The molecule has 0 aliphatic carbocycles. The number of aryl methyl sites for hydroxylation is 1. The largest absolute Gasteiger partial charge is 0.354 e. The molecule has 0 bridgehead atoms. The van der Waals surface area contributed by atoms with Gasteiger partial charge < -0.3 is 10.2 Å². The summed E-state index contributed by atoms with van der Waals surface area (Å²) in [5.41, 5.74) is 2.23. The Morgan fingerprint density at radius 2 is 1.75 bits per heavy atom. The number of hydrogen-bond donors (Lipinski definition) is 1. The van der Waals surface area contributed by atoms with Gasteiger partial charge in [-0.3, -0.25) is 13.9 Å². The van der Waals surface area contributed by atoms with Crippen LogP contribution in [-0.4, -0.2) is 50.5 Å². The highest BCUT2D eigenvalue weighted by Crippen LogP contribution is 2.31. The second-order valence-electron chi connectivity index (χ2n) is 9.36. The maximum absolute atomic E-state index is 13.3. The number of rotatable bonds is 12. The highest BCUT2D eigenvalue weighted by atomic mass is 35.5. The summed E-state index contributed by atoms with van der Waals surface area (Å²) >= 11 is 12.3. The smallest absolute Gasteiger partial charge is 0.242 e. The fourth-order valence-electron chi connectivity index (χ4n) is 3.70. The molecule has 36 heavy (non-hydrogen) atoms. The number of nitrogens with zero attached hydrogens (tertiary/aromatic N) is 2. The number of sulfonamides is 1. The van der Waals surface area contributed by atoms with E-state index in [4.69, 9.17) is 23.2 Å². The van der Waals surface area contributed by atoms with Crippen molar-refractivity contribution in [2.45, 2.75) is 53.1 Å². The molecule has 2 amide bonds. The van der Waals surface area contributed by atoms with Gasteiger partial charge in [0.15, 0.2) is 0 Å². The van der Waals surface area contributed by atoms with Gasteiger partial charge in [-0.05, 0) is 49.9 Å². The molecule has 2 aromatic carbocycles. The van der Waals surface area contributed by atoms with Crippen molar-refractivity contribution in [3.8, 4) is 0 Å². The molecule has 0 radical (unpaired) electrons. The molecular formula is C26H35Cl2N3O4S. The summed E-state index contributed by atoms with van der Waals surface area (Å²) in [4.78, 5) is 27.7. The lowest BCUT2D eigenvalue weighted by molar-refractivity contribution is -0.140. The predicted molar refractivity (Wildman–Crippen MR) is 147 cm³/mol. The van der Waals surface area contributed by atoms with E-state index in [-0.39, 0.29) is 54.4 Å². The molecule has 10 heteroatoms. The minimum Gasteiger partial charge on any atom is -0.354 e. The van der Waals surface area contributed by atoms with Crippen LogP contribution in [0, 0.1) is 12.8 Å². The van der Waals surface area contributed by atoms with Crippen LogP contribution < -0.4 is 9.62 Å². The molecule has 2 aromatic rings. The highest BCUT2D eigenvalue weighted by Gasteiger charge is 2.27. The first-order chi connectivity index (χ1) is 16.8. The monoisotopic (exact) mass is 555 g/mol. The molecule has 0 fully saturated rings. The summed E-state index contributed by atoms with van der Waals surface area (Å²) in [6.07, 6.45) is 1.37. The zero-order chi connectivity index (χ0) is 27.0. The summed E-state index contributed by atoms with van der Waals surface area (Å²) in [5, 5.41) is 3.49. The maximum Gasteiger partial charge on any atom is 0.242 e. The average Bonchev–Trinajstić information content (AvgIpc) is 2.79. The Labute approximate surface area is 224 Å². The van der Waals surface area contributed by atoms with Crippen LogP contribution >= 0.6 is 23.2 Å². The van der Waals surface area contributed by atoms with Crippen LogP contribution in [0.25, 0.3) is 0 Å². The third kappa shape index (κ3) is 8.98. The zero-order valence-electron chi connectivity index (χ0n) is 21.4. The van der Waals surface area contributed by atoms with Crippen LogP contribution in [0.2, 0.25) is 10.0 Å². The molecule has 0 aromatic heterocycles. The van der Waals surface area contributed by atoms with Gasteiger partial charge in [0.1, 0.15) is 6.04 Å². The first-order valence-corrected chi connectivity index (χ1v) is 14.5. The molecule has 0 unspecified atom stereocenters. The van der Waals surface area contributed by atoms with E-state index in [1.54, 1.807) is 17.9 Å². The lowest BCUT2D eigenvalue weighted by Crippen LogP contribution is -2.48. The van der Waals surface area contributed by atoms with Gasteiger partial charge in [0, 0.05) is 31.1 Å². The van der Waals surface area contributed by atoms with E-state index in [2.05, 4.69) is 5.32 Å². The second kappa shape index (κ2) is 13.3. The second-order valence-corrected chi connectivity index (χ2v) is 12.1. The minimum absolute atomic E-state index is 0.0385. The topological polar surface area (TPSA) is 86.8 Å². The van der Waals surface area contributed by atoms with Crippen LogP contribution in [0.3, 0.4) is 0 Å². The first kappa shape index (κ1) is 29.9. The fraction of sp³-hybridized carbons (Fsp3) is 0.462. The van der Waals surface area contributed by atoms with E-state index in [1.165, 1.54) is 12.1 Å². The molecule has 0 aliphatic heterocycles. The third-order valence-corrected chi connectivity index (χ3v) is 7.35. The fourth-order valence-corrected chi connectivity index (χ4v) is 5.11. The number of benzene rings is 2. The van der Waals surface area contributed by atoms with Gasteiger partial charge in [-0.15, -0.1) is 0 Å². The standard InChI is InChI=1S/C26H35Cl2N3O4S/c1-18(2)16-29-26(33)20(4)30(17-21-9-6-8-19(3)14-21)25(32)10-7-13-31(36(5,34)35)24-15-22(27)11-12-23(24)28/h6,8-9,11-12,14-15,18,20H,7,10,13,16-17H2,1-5H3,(H,29,33)/t20-/m1/s1. The average molecular weight is 557 g/mol. The normalized spacial score (nSPS) is 12.3. The number of carbonyl (C=O) groups excluding carboxylic acids is 2. The molecule has 2 rings (SSSR count). The van der Waals surface area contributed by atoms with Crippen molar-refractivity contribution in [3.05, 3.63) is 63.6 Å². The van der Waals surface area contributed by atoms with Crippen molar-refractivity contribution in [1.29, 1.82) is 0 Å². The third-order valence-electron chi connectivity index (χ3n) is 5.62. The van der Waals surface area contributed by atoms with Gasteiger partial charge in [0.25, 0.3) is 0 Å². The Hall–Kier alpha value is -2.29. The summed E-state index contributed by atoms with van der Waals surface area (Å²) in [6.45, 7) is 8.50. The van der Waals surface area contributed by atoms with Gasteiger partial charge in [-0.2, -0.15) is 0 Å². The Kier molecular flexibility index (Phi) is 11.1. The van der Waals surface area contributed by atoms with Crippen molar-refractivity contribution in [3.63, 3.8) is 0 Å². The van der Waals surface area contributed by atoms with Crippen molar-refractivity contribution < 1.29 is 18.0 Å². The van der Waals surface area contributed by atoms with Gasteiger partial charge in [0.2, 0.25) is 21.8 Å². The number of anilines is 1. The van der Waals surface area contributed by atoms with Crippen LogP contribution in [0.15, 0.2) is 42.5 Å². The molecular weight excluding hydrogens is 521 g/mol. The summed E-state index contributed by atoms with van der Waals surface area (Å²) in [7, 11) is -3.67. The Bertz CT molecular complexity index is 1170. The predicted octanol–water partition coefficient (Wildman–Crippen LogP) is 5.04. The summed E-state index contributed by atoms with van der Waals surface area (Å²) < 4.78 is 26.1. The molecule has 0 spiro atoms. The van der Waals surface area contributed by atoms with Gasteiger partial charge >= 0.3 is 0 Å². The number of nitrogens with one attached hydrogen (secondary N) is 1. The molecule has 0 saturated carbocycles. The summed E-state index contributed by atoms with van der Waals surface area (Å²) in [5.74, 6) is -0.190. The van der Waals surface area contributed by atoms with Gasteiger partial charge in [-0.25, -0.2) is 8.42 Å². The molecule has 0 saturated heterocycles. The SMILES string of the molecule is Cc1cccc(CN(C(=O)CCCN(c2cc(Cl)ccc2Cl)S(C)(=O)=O)[C@H](C)C(=O)NCC(C)C)c1.